The molecule has 2 aromatic carbocycles. The van der Waals surface area contributed by atoms with E-state index < -0.39 is 11.8 Å². The first-order valence-electron chi connectivity index (χ1n) is 5.37. The first-order valence-corrected chi connectivity index (χ1v) is 5.37. The van der Waals surface area contributed by atoms with Gasteiger partial charge in [0.15, 0.2) is 0 Å². The highest BCUT2D eigenvalue weighted by molar-refractivity contribution is 5.88. The molecule has 0 aliphatic rings. The molecule has 92 valence electrons. The van der Waals surface area contributed by atoms with Crippen LogP contribution in [0.4, 0.5) is 4.39 Å². The lowest BCUT2D eigenvalue weighted by molar-refractivity contribution is 0.0691. The third-order valence-corrected chi connectivity index (χ3v) is 2.45. The van der Waals surface area contributed by atoms with Gasteiger partial charge in [0.2, 0.25) is 0 Å². The molecular formula is C14H11FO3. The largest absolute Gasteiger partial charge is 0.489 e. The highest BCUT2D eigenvalue weighted by Gasteiger charge is 2.13. The summed E-state index contributed by atoms with van der Waals surface area (Å²) in [6, 6.07) is 13.2. The van der Waals surface area contributed by atoms with Crippen LogP contribution in [0.3, 0.4) is 0 Å². The van der Waals surface area contributed by atoms with Crippen LogP contribution in [0.15, 0.2) is 48.5 Å². The average molecular weight is 246 g/mol. The van der Waals surface area contributed by atoms with Crippen molar-refractivity contribution in [2.75, 3.05) is 0 Å². The lowest BCUT2D eigenvalue weighted by atomic mass is 10.1. The Balaban J connectivity index is 2.15. The summed E-state index contributed by atoms with van der Waals surface area (Å²) < 4.78 is 19.1. The Kier molecular flexibility index (Phi) is 3.57. The van der Waals surface area contributed by atoms with Crippen molar-refractivity contribution in [2.45, 2.75) is 6.61 Å². The standard InChI is InChI=1S/C14H11FO3/c15-13-10(5-4-8-12(13)14(16)17)9-18-11-6-2-1-3-7-11/h1-8H,9H2,(H,16,17). The summed E-state index contributed by atoms with van der Waals surface area (Å²) in [5.74, 6) is -1.42. The summed E-state index contributed by atoms with van der Waals surface area (Å²) in [4.78, 5) is 10.8. The maximum absolute atomic E-state index is 13.8. The molecule has 3 nitrogen and oxygen atoms in total. The van der Waals surface area contributed by atoms with Crippen LogP contribution in [-0.4, -0.2) is 11.1 Å². The maximum Gasteiger partial charge on any atom is 0.338 e. The number of carbonyl (C=O) groups is 1. The van der Waals surface area contributed by atoms with E-state index in [1.54, 1.807) is 24.3 Å². The van der Waals surface area contributed by atoms with Crippen LogP contribution in [0.25, 0.3) is 0 Å². The first-order chi connectivity index (χ1) is 8.68. The van der Waals surface area contributed by atoms with Gasteiger partial charge < -0.3 is 9.84 Å². The van der Waals surface area contributed by atoms with Crippen molar-refractivity contribution < 1.29 is 19.0 Å². The number of rotatable bonds is 4. The van der Waals surface area contributed by atoms with Gasteiger partial charge in [-0.2, -0.15) is 0 Å². The quantitative estimate of drug-likeness (QED) is 0.901. The molecule has 2 aromatic rings. The van der Waals surface area contributed by atoms with E-state index in [-0.39, 0.29) is 17.7 Å². The molecule has 0 spiro atoms. The Morgan fingerprint density at radius 3 is 2.50 bits per heavy atom. The van der Waals surface area contributed by atoms with Crippen LogP contribution >= 0.6 is 0 Å². The van der Waals surface area contributed by atoms with Gasteiger partial charge in [0.05, 0.1) is 5.56 Å². The van der Waals surface area contributed by atoms with E-state index >= 15 is 0 Å². The second kappa shape index (κ2) is 5.31. The second-order valence-electron chi connectivity index (χ2n) is 3.69. The first kappa shape index (κ1) is 12.1. The molecule has 0 radical (unpaired) electrons. The number of benzene rings is 2. The number of ether oxygens (including phenoxy) is 1. The highest BCUT2D eigenvalue weighted by Crippen LogP contribution is 2.16. The van der Waals surface area contributed by atoms with E-state index in [1.807, 2.05) is 6.07 Å². The molecule has 0 atom stereocenters. The molecule has 0 unspecified atom stereocenters. The van der Waals surface area contributed by atoms with E-state index in [9.17, 15) is 9.18 Å². The third-order valence-electron chi connectivity index (χ3n) is 2.45. The molecule has 1 N–H and O–H groups in total. The topological polar surface area (TPSA) is 46.5 Å². The molecule has 0 bridgehead atoms. The van der Waals surface area contributed by atoms with E-state index in [1.165, 1.54) is 18.2 Å². The van der Waals surface area contributed by atoms with Crippen LogP contribution in [0.2, 0.25) is 0 Å². The van der Waals surface area contributed by atoms with Crippen molar-refractivity contribution >= 4 is 5.97 Å². The molecule has 0 amide bonds. The SMILES string of the molecule is O=C(O)c1cccc(COc2ccccc2)c1F. The van der Waals surface area contributed by atoms with Crippen molar-refractivity contribution in [1.82, 2.24) is 0 Å². The predicted octanol–water partition coefficient (Wildman–Crippen LogP) is 3.10. The number of hydrogen-bond donors (Lipinski definition) is 1. The van der Waals surface area contributed by atoms with Gasteiger partial charge in [0, 0.05) is 5.56 Å². The number of aromatic carboxylic acids is 1. The predicted molar refractivity (Wildman–Crippen MR) is 64.1 cm³/mol. The lowest BCUT2D eigenvalue weighted by Crippen LogP contribution is -2.05. The summed E-state index contributed by atoms with van der Waals surface area (Å²) in [6.07, 6.45) is 0. The van der Waals surface area contributed by atoms with E-state index in [0.717, 1.165) is 0 Å². The highest BCUT2D eigenvalue weighted by atomic mass is 19.1. The minimum absolute atomic E-state index is 0.00301. The molecular weight excluding hydrogens is 235 g/mol. The van der Waals surface area contributed by atoms with Gasteiger partial charge in [-0.25, -0.2) is 9.18 Å². The van der Waals surface area contributed by atoms with Crippen molar-refractivity contribution in [3.63, 3.8) is 0 Å². The van der Waals surface area contributed by atoms with Crippen LogP contribution in [-0.2, 0) is 6.61 Å². The fourth-order valence-corrected chi connectivity index (χ4v) is 1.53. The van der Waals surface area contributed by atoms with E-state index in [0.29, 0.717) is 5.75 Å². The Morgan fingerprint density at radius 1 is 1.11 bits per heavy atom. The minimum atomic E-state index is -1.28. The zero-order chi connectivity index (χ0) is 13.0. The zero-order valence-electron chi connectivity index (χ0n) is 9.47. The van der Waals surface area contributed by atoms with Crippen molar-refractivity contribution in [3.05, 3.63) is 65.5 Å². The molecule has 0 heterocycles. The van der Waals surface area contributed by atoms with Gasteiger partial charge in [-0.1, -0.05) is 30.3 Å². The van der Waals surface area contributed by atoms with Crippen LogP contribution in [0.5, 0.6) is 5.75 Å². The molecule has 0 aliphatic heterocycles. The lowest BCUT2D eigenvalue weighted by Gasteiger charge is -2.08. The Bertz CT molecular complexity index is 552. The van der Waals surface area contributed by atoms with Crippen molar-refractivity contribution in [1.29, 1.82) is 0 Å². The Labute approximate surface area is 103 Å². The Hall–Kier alpha value is -2.36. The molecule has 0 fully saturated rings. The monoisotopic (exact) mass is 246 g/mol. The smallest absolute Gasteiger partial charge is 0.338 e. The average Bonchev–Trinajstić information content (AvgIpc) is 2.38. The van der Waals surface area contributed by atoms with Gasteiger partial charge in [0.25, 0.3) is 0 Å². The van der Waals surface area contributed by atoms with E-state index in [4.69, 9.17) is 9.84 Å². The van der Waals surface area contributed by atoms with Gasteiger partial charge in [-0.3, -0.25) is 0 Å². The van der Waals surface area contributed by atoms with Gasteiger partial charge in [0.1, 0.15) is 18.2 Å². The molecule has 0 aromatic heterocycles. The zero-order valence-corrected chi connectivity index (χ0v) is 9.47. The fraction of sp³-hybridized carbons (Fsp3) is 0.0714. The number of para-hydroxylation sites is 1. The summed E-state index contributed by atoms with van der Waals surface area (Å²) in [7, 11) is 0. The van der Waals surface area contributed by atoms with Gasteiger partial charge in [-0.05, 0) is 18.2 Å². The molecule has 0 saturated heterocycles. The van der Waals surface area contributed by atoms with Crippen LogP contribution in [0.1, 0.15) is 15.9 Å². The number of halogens is 1. The van der Waals surface area contributed by atoms with Gasteiger partial charge >= 0.3 is 5.97 Å². The molecule has 0 aliphatic carbocycles. The third kappa shape index (κ3) is 2.66. The maximum atomic E-state index is 13.8. The molecule has 0 saturated carbocycles. The van der Waals surface area contributed by atoms with Gasteiger partial charge in [-0.15, -0.1) is 0 Å². The molecule has 18 heavy (non-hydrogen) atoms. The minimum Gasteiger partial charge on any atom is -0.489 e. The van der Waals surface area contributed by atoms with E-state index in [2.05, 4.69) is 0 Å². The van der Waals surface area contributed by atoms with Crippen molar-refractivity contribution in [2.24, 2.45) is 0 Å². The summed E-state index contributed by atoms with van der Waals surface area (Å²) in [6.45, 7) is -0.00301. The van der Waals surface area contributed by atoms with Crippen LogP contribution < -0.4 is 4.74 Å². The number of hydrogen-bond acceptors (Lipinski definition) is 2. The summed E-state index contributed by atoms with van der Waals surface area (Å²) in [5.41, 5.74) is -0.122. The van der Waals surface area contributed by atoms with Crippen LogP contribution in [0, 0.1) is 5.82 Å². The number of carboxylic acid groups (broad SMARTS) is 1. The molecule has 2 rings (SSSR count). The summed E-state index contributed by atoms with van der Waals surface area (Å²) in [5, 5.41) is 8.79. The van der Waals surface area contributed by atoms with Crippen molar-refractivity contribution in [3.8, 4) is 5.75 Å². The second-order valence-corrected chi connectivity index (χ2v) is 3.69. The number of carboxylic acids is 1. The Morgan fingerprint density at radius 2 is 1.83 bits per heavy atom. The fourth-order valence-electron chi connectivity index (χ4n) is 1.53. The summed E-state index contributed by atoms with van der Waals surface area (Å²) >= 11 is 0. The molecule has 4 heteroatoms. The normalized spacial score (nSPS) is 10.1.